The lowest BCUT2D eigenvalue weighted by Crippen LogP contribution is -2.61. The Kier molecular flexibility index (Phi) is 3.79. The van der Waals surface area contributed by atoms with Crippen molar-refractivity contribution >= 4 is 21.6 Å². The molecule has 3 atom stereocenters. The molecule has 3 heterocycles. The van der Waals surface area contributed by atoms with Crippen molar-refractivity contribution in [3.8, 4) is 0 Å². The van der Waals surface area contributed by atoms with Crippen molar-refractivity contribution in [2.24, 2.45) is 5.92 Å². The molecule has 28 heavy (non-hydrogen) atoms. The summed E-state index contributed by atoms with van der Waals surface area (Å²) in [5.41, 5.74) is 2.07. The van der Waals surface area contributed by atoms with Gasteiger partial charge in [-0.1, -0.05) is 12.1 Å². The predicted octanol–water partition coefficient (Wildman–Crippen LogP) is 1.96. The summed E-state index contributed by atoms with van der Waals surface area (Å²) in [7, 11) is -3.75. The number of likely N-dealkylation sites (tertiary alicyclic amines) is 1. The van der Waals surface area contributed by atoms with E-state index >= 15 is 0 Å². The summed E-state index contributed by atoms with van der Waals surface area (Å²) >= 11 is 0. The topological polar surface area (TPSA) is 91.4 Å². The molecule has 1 saturated heterocycles. The standard InChI is InChI=1S/C20H22N4O3S/c1-13-4-5-17-16(11-13)22-18(23-28(17,26)27)19(25)24-10-7-14-6-8-20(14,24)15-3-2-9-21-12-15/h2-5,9,11-12,14,18,22-23H,6-8,10H2,1H3/t14-,18?,20-/m0/s1. The molecule has 2 N–H and O–H groups in total. The average Bonchev–Trinajstić information content (AvgIpc) is 2.91. The highest BCUT2D eigenvalue weighted by Gasteiger charge is 2.58. The van der Waals surface area contributed by atoms with Gasteiger partial charge in [-0.2, -0.15) is 4.72 Å². The number of hydrogen-bond acceptors (Lipinski definition) is 5. The minimum absolute atomic E-state index is 0.173. The van der Waals surface area contributed by atoms with Crippen LogP contribution in [0.1, 0.15) is 30.4 Å². The van der Waals surface area contributed by atoms with Crippen molar-refractivity contribution < 1.29 is 13.2 Å². The zero-order valence-corrected chi connectivity index (χ0v) is 16.4. The molecule has 2 aromatic rings. The number of rotatable bonds is 2. The molecule has 5 rings (SSSR count). The molecule has 3 aliphatic rings. The largest absolute Gasteiger partial charge is 0.360 e. The molecule has 1 amide bonds. The normalized spacial score (nSPS) is 30.0. The van der Waals surface area contributed by atoms with Crippen LogP contribution in [0, 0.1) is 12.8 Å². The molecule has 7 nitrogen and oxygen atoms in total. The van der Waals surface area contributed by atoms with Crippen LogP contribution in [0.15, 0.2) is 47.6 Å². The molecule has 146 valence electrons. The number of benzene rings is 1. The van der Waals surface area contributed by atoms with Crippen molar-refractivity contribution in [2.75, 3.05) is 11.9 Å². The van der Waals surface area contributed by atoms with Crippen molar-refractivity contribution in [2.45, 2.75) is 42.8 Å². The van der Waals surface area contributed by atoms with Crippen LogP contribution in [0.3, 0.4) is 0 Å². The molecular formula is C20H22N4O3S. The van der Waals surface area contributed by atoms with Gasteiger partial charge in [0.2, 0.25) is 10.0 Å². The minimum atomic E-state index is -3.75. The van der Waals surface area contributed by atoms with Gasteiger partial charge < -0.3 is 10.2 Å². The van der Waals surface area contributed by atoms with Gasteiger partial charge in [0.1, 0.15) is 4.90 Å². The number of pyridine rings is 1. The summed E-state index contributed by atoms with van der Waals surface area (Å²) in [6, 6.07) is 8.98. The van der Waals surface area contributed by atoms with E-state index in [0.29, 0.717) is 18.2 Å². The third-order valence-electron chi connectivity index (χ3n) is 6.40. The second kappa shape index (κ2) is 6.02. The van der Waals surface area contributed by atoms with Crippen LogP contribution >= 0.6 is 0 Å². The predicted molar refractivity (Wildman–Crippen MR) is 104 cm³/mol. The molecular weight excluding hydrogens is 376 g/mol. The second-order valence-electron chi connectivity index (χ2n) is 7.88. The number of sulfonamides is 1. The van der Waals surface area contributed by atoms with Crippen molar-refractivity contribution in [1.29, 1.82) is 0 Å². The summed E-state index contributed by atoms with van der Waals surface area (Å²) in [5.74, 6) is 0.164. The molecule has 2 fully saturated rings. The number of carbonyl (C=O) groups excluding carboxylic acids is 1. The summed E-state index contributed by atoms with van der Waals surface area (Å²) in [6.45, 7) is 2.52. The Morgan fingerprint density at radius 1 is 1.29 bits per heavy atom. The van der Waals surface area contributed by atoms with Gasteiger partial charge in [0.05, 0.1) is 11.2 Å². The first-order chi connectivity index (χ1) is 13.4. The van der Waals surface area contributed by atoms with E-state index < -0.39 is 16.2 Å². The monoisotopic (exact) mass is 398 g/mol. The van der Waals surface area contributed by atoms with Crippen LogP contribution in [0.25, 0.3) is 0 Å². The van der Waals surface area contributed by atoms with Gasteiger partial charge in [0.25, 0.3) is 5.91 Å². The molecule has 1 unspecified atom stereocenters. The van der Waals surface area contributed by atoms with Crippen LogP contribution < -0.4 is 10.0 Å². The van der Waals surface area contributed by atoms with E-state index in [9.17, 15) is 13.2 Å². The maximum Gasteiger partial charge on any atom is 0.261 e. The summed E-state index contributed by atoms with van der Waals surface area (Å²) < 4.78 is 27.9. The highest BCUT2D eigenvalue weighted by atomic mass is 32.2. The van der Waals surface area contributed by atoms with Gasteiger partial charge in [-0.05, 0) is 61.4 Å². The number of nitrogens with zero attached hydrogens (tertiary/aromatic N) is 2. The van der Waals surface area contributed by atoms with Crippen molar-refractivity contribution in [1.82, 2.24) is 14.6 Å². The van der Waals surface area contributed by atoms with Gasteiger partial charge in [0.15, 0.2) is 6.17 Å². The molecule has 1 saturated carbocycles. The van der Waals surface area contributed by atoms with Crippen molar-refractivity contribution in [3.05, 3.63) is 53.9 Å². The summed E-state index contributed by atoms with van der Waals surface area (Å²) in [5, 5.41) is 3.10. The van der Waals surface area contributed by atoms with E-state index in [1.807, 2.05) is 30.2 Å². The Morgan fingerprint density at radius 2 is 2.14 bits per heavy atom. The average molecular weight is 398 g/mol. The maximum atomic E-state index is 13.5. The number of nitrogens with one attached hydrogen (secondary N) is 2. The zero-order valence-electron chi connectivity index (χ0n) is 15.6. The van der Waals surface area contributed by atoms with Gasteiger partial charge in [-0.15, -0.1) is 0 Å². The molecule has 1 aromatic heterocycles. The lowest BCUT2D eigenvalue weighted by atomic mass is 9.64. The highest BCUT2D eigenvalue weighted by Crippen LogP contribution is 2.56. The molecule has 0 bridgehead atoms. The number of carbonyl (C=O) groups is 1. The lowest BCUT2D eigenvalue weighted by molar-refractivity contribution is -0.141. The van der Waals surface area contributed by atoms with Crippen LogP contribution in [0.2, 0.25) is 0 Å². The number of anilines is 1. The number of amides is 1. The smallest absolute Gasteiger partial charge is 0.261 e. The van der Waals surface area contributed by atoms with Crippen molar-refractivity contribution in [3.63, 3.8) is 0 Å². The molecule has 0 radical (unpaired) electrons. The number of fused-ring (bicyclic) bond motifs is 2. The fourth-order valence-corrected chi connectivity index (χ4v) is 6.22. The number of aromatic nitrogens is 1. The van der Waals surface area contributed by atoms with Gasteiger partial charge in [0, 0.05) is 18.9 Å². The van der Waals surface area contributed by atoms with E-state index in [0.717, 1.165) is 30.4 Å². The maximum absolute atomic E-state index is 13.5. The Labute approximate surface area is 164 Å². The minimum Gasteiger partial charge on any atom is -0.360 e. The molecule has 0 spiro atoms. The molecule has 8 heteroatoms. The molecule has 1 aromatic carbocycles. The van der Waals surface area contributed by atoms with E-state index in [-0.39, 0.29) is 16.3 Å². The van der Waals surface area contributed by atoms with Crippen LogP contribution in [-0.2, 0) is 20.4 Å². The lowest BCUT2D eigenvalue weighted by Gasteiger charge is -2.51. The van der Waals surface area contributed by atoms with Crippen LogP contribution in [0.5, 0.6) is 0 Å². The highest BCUT2D eigenvalue weighted by molar-refractivity contribution is 7.89. The van der Waals surface area contributed by atoms with E-state index in [1.165, 1.54) is 0 Å². The Hall–Kier alpha value is -2.45. The quantitative estimate of drug-likeness (QED) is 0.807. The van der Waals surface area contributed by atoms with Crippen LogP contribution in [-0.4, -0.2) is 36.9 Å². The van der Waals surface area contributed by atoms with Crippen LogP contribution in [0.4, 0.5) is 5.69 Å². The second-order valence-corrected chi connectivity index (χ2v) is 9.56. The van der Waals surface area contributed by atoms with Gasteiger partial charge in [-0.25, -0.2) is 8.42 Å². The third kappa shape index (κ3) is 2.41. The molecule has 2 aliphatic heterocycles. The summed E-state index contributed by atoms with van der Waals surface area (Å²) in [6.07, 6.45) is 5.43. The summed E-state index contributed by atoms with van der Waals surface area (Å²) in [4.78, 5) is 19.7. The fraction of sp³-hybridized carbons (Fsp3) is 0.400. The van der Waals surface area contributed by atoms with Gasteiger partial charge >= 0.3 is 0 Å². The van der Waals surface area contributed by atoms with E-state index in [1.54, 1.807) is 24.4 Å². The Morgan fingerprint density at radius 3 is 2.86 bits per heavy atom. The Bertz CT molecular complexity index is 1060. The first kappa shape index (κ1) is 17.6. The SMILES string of the molecule is Cc1ccc2c(c1)NC(C(=O)N1CC[C@@H]3CC[C@@]31c1cccnc1)NS2(=O)=O. The first-order valence-electron chi connectivity index (χ1n) is 9.53. The molecule has 1 aliphatic carbocycles. The van der Waals surface area contributed by atoms with E-state index in [4.69, 9.17) is 0 Å². The fourth-order valence-electron chi connectivity index (χ4n) is 4.97. The zero-order chi connectivity index (χ0) is 19.5. The third-order valence-corrected chi connectivity index (χ3v) is 7.88. The number of hydrogen-bond donors (Lipinski definition) is 2. The van der Waals surface area contributed by atoms with Gasteiger partial charge in [-0.3, -0.25) is 9.78 Å². The first-order valence-corrected chi connectivity index (χ1v) is 11.0. The Balaban J connectivity index is 1.50. The van der Waals surface area contributed by atoms with E-state index in [2.05, 4.69) is 15.0 Å². The number of aryl methyl sites for hydroxylation is 1.